The van der Waals surface area contributed by atoms with E-state index < -0.39 is 0 Å². The summed E-state index contributed by atoms with van der Waals surface area (Å²) in [5.74, 6) is 0.852. The number of nitrogens with zero attached hydrogens (tertiary/aromatic N) is 2. The molecule has 3 aliphatic rings. The summed E-state index contributed by atoms with van der Waals surface area (Å²) in [6.07, 6.45) is 5.18. The minimum atomic E-state index is -0.326. The molecule has 0 bridgehead atoms. The fraction of sp³-hybridized carbons (Fsp3) is 0.667. The van der Waals surface area contributed by atoms with Crippen LogP contribution in [0.1, 0.15) is 37.7 Å². The zero-order chi connectivity index (χ0) is 18.8. The molecule has 2 saturated heterocycles. The summed E-state index contributed by atoms with van der Waals surface area (Å²) in [5.41, 5.74) is 0.893. The lowest BCUT2D eigenvalue weighted by molar-refractivity contribution is -0.134. The van der Waals surface area contributed by atoms with Crippen molar-refractivity contribution >= 4 is 11.6 Å². The third kappa shape index (κ3) is 4.27. The Bertz CT molecular complexity index is 671. The average Bonchev–Trinajstić information content (AvgIpc) is 3.45. The van der Waals surface area contributed by atoms with E-state index in [1.165, 1.54) is 0 Å². The molecule has 0 aromatic heterocycles. The van der Waals surface area contributed by atoms with Crippen molar-refractivity contribution < 1.29 is 19.0 Å². The van der Waals surface area contributed by atoms with Crippen molar-refractivity contribution in [2.24, 2.45) is 11.8 Å². The molecule has 1 N–H and O–H groups in total. The summed E-state index contributed by atoms with van der Waals surface area (Å²) in [4.78, 5) is 16.2. The first-order valence-corrected chi connectivity index (χ1v) is 10.2. The van der Waals surface area contributed by atoms with E-state index in [9.17, 15) is 14.3 Å². The molecule has 1 aliphatic carbocycles. The Morgan fingerprint density at radius 1 is 1.15 bits per heavy atom. The largest absolute Gasteiger partial charge is 0.392 e. The van der Waals surface area contributed by atoms with Gasteiger partial charge in [-0.15, -0.1) is 0 Å². The van der Waals surface area contributed by atoms with Crippen LogP contribution in [-0.4, -0.2) is 54.8 Å². The number of hydrogen-bond donors (Lipinski definition) is 1. The van der Waals surface area contributed by atoms with Crippen LogP contribution in [0.4, 0.5) is 10.1 Å². The second-order valence-electron chi connectivity index (χ2n) is 8.14. The van der Waals surface area contributed by atoms with E-state index in [0.29, 0.717) is 35.5 Å². The van der Waals surface area contributed by atoms with Crippen molar-refractivity contribution in [1.82, 2.24) is 4.90 Å². The van der Waals surface area contributed by atoms with Gasteiger partial charge in [-0.2, -0.15) is 0 Å². The van der Waals surface area contributed by atoms with Crippen LogP contribution in [0.2, 0.25) is 0 Å². The number of aliphatic hydroxyl groups excluding tert-OH is 1. The van der Waals surface area contributed by atoms with Gasteiger partial charge < -0.3 is 19.6 Å². The lowest BCUT2D eigenvalue weighted by Gasteiger charge is -2.32. The molecule has 148 valence electrons. The van der Waals surface area contributed by atoms with Crippen molar-refractivity contribution in [3.05, 3.63) is 29.6 Å². The molecule has 4 rings (SSSR count). The van der Waals surface area contributed by atoms with Crippen LogP contribution in [0.5, 0.6) is 0 Å². The molecule has 5 nitrogen and oxygen atoms in total. The summed E-state index contributed by atoms with van der Waals surface area (Å²) in [6, 6.07) is 5.17. The van der Waals surface area contributed by atoms with Crippen LogP contribution >= 0.6 is 0 Å². The number of carbonyl (C=O) groups excluding carboxylic acids is 1. The summed E-state index contributed by atoms with van der Waals surface area (Å²) in [7, 11) is 0. The highest BCUT2D eigenvalue weighted by molar-refractivity contribution is 5.81. The average molecular weight is 376 g/mol. The zero-order valence-electron chi connectivity index (χ0n) is 15.8. The van der Waals surface area contributed by atoms with Crippen LogP contribution in [-0.2, 0) is 16.1 Å². The molecule has 1 saturated carbocycles. The molecule has 1 atom stereocenters. The Morgan fingerprint density at radius 3 is 2.63 bits per heavy atom. The van der Waals surface area contributed by atoms with Crippen molar-refractivity contribution in [3.63, 3.8) is 0 Å². The van der Waals surface area contributed by atoms with E-state index in [1.807, 2.05) is 9.80 Å². The van der Waals surface area contributed by atoms with E-state index in [1.54, 1.807) is 18.2 Å². The van der Waals surface area contributed by atoms with E-state index >= 15 is 0 Å². The number of hydrogen-bond acceptors (Lipinski definition) is 4. The van der Waals surface area contributed by atoms with E-state index in [2.05, 4.69) is 0 Å². The number of anilines is 1. The Kier molecular flexibility index (Phi) is 5.64. The van der Waals surface area contributed by atoms with E-state index in [-0.39, 0.29) is 18.5 Å². The SMILES string of the molecule is O=C(C1CC1)N1CCC(CO[C@H]2CCN(c3cccc(CO)c3F)C2)CC1. The number of likely N-dealkylation sites (tertiary alicyclic amines) is 1. The summed E-state index contributed by atoms with van der Waals surface area (Å²) in [5, 5.41) is 9.25. The normalized spacial score (nSPS) is 23.9. The van der Waals surface area contributed by atoms with Gasteiger partial charge in [0, 0.05) is 44.3 Å². The topological polar surface area (TPSA) is 53.0 Å². The second-order valence-corrected chi connectivity index (χ2v) is 8.14. The maximum atomic E-state index is 14.4. The highest BCUT2D eigenvalue weighted by Gasteiger charge is 2.35. The zero-order valence-corrected chi connectivity index (χ0v) is 15.8. The Labute approximate surface area is 160 Å². The van der Waals surface area contributed by atoms with Crippen molar-refractivity contribution in [3.8, 4) is 0 Å². The molecule has 2 heterocycles. The molecular weight excluding hydrogens is 347 g/mol. The van der Waals surface area contributed by atoms with Gasteiger partial charge in [0.2, 0.25) is 5.91 Å². The third-order valence-electron chi connectivity index (χ3n) is 6.13. The quantitative estimate of drug-likeness (QED) is 0.829. The molecule has 0 unspecified atom stereocenters. The first-order chi connectivity index (χ1) is 13.2. The van der Waals surface area contributed by atoms with Crippen molar-refractivity contribution in [2.75, 3.05) is 37.7 Å². The van der Waals surface area contributed by atoms with Gasteiger partial charge in [-0.05, 0) is 44.1 Å². The molecule has 0 spiro atoms. The molecule has 1 aromatic carbocycles. The maximum Gasteiger partial charge on any atom is 0.225 e. The van der Waals surface area contributed by atoms with Gasteiger partial charge in [-0.1, -0.05) is 12.1 Å². The summed E-state index contributed by atoms with van der Waals surface area (Å²) >= 11 is 0. The highest BCUT2D eigenvalue weighted by atomic mass is 19.1. The second kappa shape index (κ2) is 8.15. The molecule has 2 aliphatic heterocycles. The molecule has 6 heteroatoms. The van der Waals surface area contributed by atoms with Crippen LogP contribution in [0.3, 0.4) is 0 Å². The molecule has 1 aromatic rings. The van der Waals surface area contributed by atoms with Gasteiger partial charge in [0.05, 0.1) is 18.4 Å². The number of aliphatic hydroxyl groups is 1. The minimum absolute atomic E-state index is 0.119. The Hall–Kier alpha value is -1.66. The number of carbonyl (C=O) groups is 1. The maximum absolute atomic E-state index is 14.4. The number of benzene rings is 1. The standard InChI is InChI=1S/C21H29FN2O3/c22-20-17(13-25)2-1-3-19(20)24-11-8-18(12-24)27-14-15-6-9-23(10-7-15)21(26)16-4-5-16/h1-3,15-16,18,25H,4-14H2/t18-/m0/s1. The molecular formula is C21H29FN2O3. The number of piperidine rings is 1. The van der Waals surface area contributed by atoms with Gasteiger partial charge in [0.15, 0.2) is 5.82 Å². The predicted molar refractivity (Wildman–Crippen MR) is 101 cm³/mol. The number of ether oxygens (including phenoxy) is 1. The molecule has 0 radical (unpaired) electrons. The number of rotatable bonds is 6. The monoisotopic (exact) mass is 376 g/mol. The lowest BCUT2D eigenvalue weighted by atomic mass is 9.97. The fourth-order valence-corrected chi connectivity index (χ4v) is 4.20. The third-order valence-corrected chi connectivity index (χ3v) is 6.13. The number of halogens is 1. The van der Waals surface area contributed by atoms with Gasteiger partial charge in [-0.25, -0.2) is 4.39 Å². The lowest BCUT2D eigenvalue weighted by Crippen LogP contribution is -2.40. The van der Waals surface area contributed by atoms with Gasteiger partial charge >= 0.3 is 0 Å². The van der Waals surface area contributed by atoms with Gasteiger partial charge in [-0.3, -0.25) is 4.79 Å². The van der Waals surface area contributed by atoms with Crippen LogP contribution in [0.25, 0.3) is 0 Å². The van der Waals surface area contributed by atoms with Crippen molar-refractivity contribution in [2.45, 2.75) is 44.8 Å². The van der Waals surface area contributed by atoms with E-state index in [0.717, 1.165) is 58.3 Å². The Balaban J connectivity index is 1.22. The first-order valence-electron chi connectivity index (χ1n) is 10.2. The predicted octanol–water partition coefficient (Wildman–Crippen LogP) is 2.56. The first kappa shape index (κ1) is 18.7. The number of amides is 1. The van der Waals surface area contributed by atoms with Crippen LogP contribution < -0.4 is 4.90 Å². The molecule has 1 amide bonds. The minimum Gasteiger partial charge on any atom is -0.392 e. The highest BCUT2D eigenvalue weighted by Crippen LogP contribution is 2.33. The van der Waals surface area contributed by atoms with Gasteiger partial charge in [0.1, 0.15) is 0 Å². The molecule has 27 heavy (non-hydrogen) atoms. The molecule has 3 fully saturated rings. The van der Waals surface area contributed by atoms with Crippen LogP contribution in [0.15, 0.2) is 18.2 Å². The summed E-state index contributed by atoms with van der Waals surface area (Å²) < 4.78 is 20.5. The smallest absolute Gasteiger partial charge is 0.225 e. The summed E-state index contributed by atoms with van der Waals surface area (Å²) in [6.45, 7) is 3.62. The fourth-order valence-electron chi connectivity index (χ4n) is 4.20. The van der Waals surface area contributed by atoms with Crippen molar-refractivity contribution in [1.29, 1.82) is 0 Å². The van der Waals surface area contributed by atoms with E-state index in [4.69, 9.17) is 4.74 Å². The Morgan fingerprint density at radius 2 is 1.93 bits per heavy atom. The van der Waals surface area contributed by atoms with Crippen LogP contribution in [0, 0.1) is 17.7 Å². The van der Waals surface area contributed by atoms with Gasteiger partial charge in [0.25, 0.3) is 0 Å².